The molecule has 2 heterocycles. The molecule has 0 atom stereocenters. The third-order valence-corrected chi connectivity index (χ3v) is 7.51. The van der Waals surface area contributed by atoms with E-state index < -0.39 is 0 Å². The minimum atomic E-state index is -0.0652. The number of benzene rings is 2. The molecule has 2 aromatic heterocycles. The molecule has 4 rings (SSSR count). The Bertz CT molecular complexity index is 1300. The van der Waals surface area contributed by atoms with Crippen molar-refractivity contribution in [2.24, 2.45) is 0 Å². The van der Waals surface area contributed by atoms with Gasteiger partial charge in [-0.2, -0.15) is 9.83 Å². The lowest BCUT2D eigenvalue weighted by molar-refractivity contribution is -0.597. The van der Waals surface area contributed by atoms with E-state index in [1.54, 1.807) is 11.8 Å². The number of thiophene rings is 1. The second-order valence-electron chi connectivity index (χ2n) is 7.57. The average molecular weight is 457 g/mol. The van der Waals surface area contributed by atoms with Gasteiger partial charge in [-0.1, -0.05) is 42.5 Å². The Morgan fingerprint density at radius 2 is 1.72 bits per heavy atom. The van der Waals surface area contributed by atoms with E-state index in [9.17, 15) is 4.79 Å². The molecule has 0 radical (unpaired) electrons. The second kappa shape index (κ2) is 9.39. The number of aromatic nitrogens is 1. The molecule has 158 valence electrons. The van der Waals surface area contributed by atoms with Crippen LogP contribution in [0, 0.1) is 25.2 Å². The fourth-order valence-corrected chi connectivity index (χ4v) is 5.93. The fraction of sp³-hybridized carbons (Fsp3) is 0.115. The van der Waals surface area contributed by atoms with Crippen LogP contribution in [0.3, 0.4) is 0 Å². The van der Waals surface area contributed by atoms with Gasteiger partial charge in [-0.05, 0) is 37.6 Å². The summed E-state index contributed by atoms with van der Waals surface area (Å²) in [5.41, 5.74) is 12.6. The summed E-state index contributed by atoms with van der Waals surface area (Å²) in [6.45, 7) is 4.09. The summed E-state index contributed by atoms with van der Waals surface area (Å²) in [7, 11) is 0. The smallest absolute Gasteiger partial charge is 0.259 e. The number of anilines is 1. The first-order chi connectivity index (χ1) is 15.5. The zero-order valence-corrected chi connectivity index (χ0v) is 19.5. The highest BCUT2D eigenvalue weighted by Crippen LogP contribution is 2.41. The third-order valence-electron chi connectivity index (χ3n) is 4.98. The highest BCUT2D eigenvalue weighted by Gasteiger charge is 2.29. The van der Waals surface area contributed by atoms with Gasteiger partial charge in [-0.15, -0.1) is 23.1 Å². The predicted octanol–water partition coefficient (Wildman–Crippen LogP) is 5.62. The van der Waals surface area contributed by atoms with Crippen LogP contribution in [0.1, 0.15) is 37.5 Å². The van der Waals surface area contributed by atoms with Crippen molar-refractivity contribution >= 4 is 34.6 Å². The van der Waals surface area contributed by atoms with Crippen molar-refractivity contribution < 1.29 is 9.36 Å². The second-order valence-corrected chi connectivity index (χ2v) is 9.84. The van der Waals surface area contributed by atoms with Gasteiger partial charge in [-0.25, -0.2) is 0 Å². The highest BCUT2D eigenvalue weighted by molar-refractivity contribution is 8.00. The van der Waals surface area contributed by atoms with Crippen molar-refractivity contribution in [1.82, 2.24) is 0 Å². The van der Waals surface area contributed by atoms with E-state index in [-0.39, 0.29) is 5.78 Å². The van der Waals surface area contributed by atoms with Crippen molar-refractivity contribution in [1.29, 1.82) is 5.26 Å². The van der Waals surface area contributed by atoms with Crippen LogP contribution in [0.15, 0.2) is 77.3 Å². The topological polar surface area (TPSA) is 70.8 Å². The van der Waals surface area contributed by atoms with E-state index in [1.807, 2.05) is 85.4 Å². The maximum absolute atomic E-state index is 13.2. The minimum Gasteiger partial charge on any atom is -0.392 e. The Kier molecular flexibility index (Phi) is 6.40. The number of carbonyl (C=O) groups is 1. The summed E-state index contributed by atoms with van der Waals surface area (Å²) >= 11 is 3.09. The Morgan fingerprint density at radius 1 is 1.06 bits per heavy atom. The molecule has 2 aromatic carbocycles. The molecule has 0 aliphatic rings. The van der Waals surface area contributed by atoms with Crippen LogP contribution in [0.2, 0.25) is 0 Å². The van der Waals surface area contributed by atoms with Crippen LogP contribution in [0.4, 0.5) is 5.69 Å². The number of nitrogen functional groups attached to an aromatic ring is 1. The Hall–Kier alpha value is -3.40. The molecule has 0 saturated carbocycles. The number of nitriles is 1. The number of carbonyl (C=O) groups excluding carboxylic acids is 1. The lowest BCUT2D eigenvalue weighted by Crippen LogP contribution is -2.32. The lowest BCUT2D eigenvalue weighted by Gasteiger charge is -2.03. The molecule has 4 nitrogen and oxygen atoms in total. The fourth-order valence-electron chi connectivity index (χ4n) is 3.51. The number of ketones is 1. The zero-order chi connectivity index (χ0) is 22.7. The van der Waals surface area contributed by atoms with Gasteiger partial charge in [0.15, 0.2) is 12.4 Å². The summed E-state index contributed by atoms with van der Waals surface area (Å²) < 4.78 is 3.01. The monoisotopic (exact) mass is 456 g/mol. The molecule has 0 saturated heterocycles. The van der Waals surface area contributed by atoms with Gasteiger partial charge in [0.25, 0.3) is 5.69 Å². The van der Waals surface area contributed by atoms with Gasteiger partial charge in [0.05, 0.1) is 11.6 Å². The molecule has 0 amide bonds. The number of hydrogen-bond donors (Lipinski definition) is 1. The number of thioether (sulfide) groups is 1. The van der Waals surface area contributed by atoms with Crippen LogP contribution < -0.4 is 10.3 Å². The van der Waals surface area contributed by atoms with Crippen molar-refractivity contribution in [3.05, 3.63) is 106 Å². The Morgan fingerprint density at radius 3 is 2.34 bits per heavy atom. The maximum atomic E-state index is 13.2. The largest absolute Gasteiger partial charge is 0.392 e. The van der Waals surface area contributed by atoms with Gasteiger partial charge < -0.3 is 5.73 Å². The van der Waals surface area contributed by atoms with E-state index >= 15 is 0 Å². The number of nitrogens with two attached hydrogens (primary N) is 1. The average Bonchev–Trinajstić information content (AvgIpc) is 3.13. The van der Waals surface area contributed by atoms with Crippen LogP contribution in [-0.4, -0.2) is 5.78 Å². The van der Waals surface area contributed by atoms with Gasteiger partial charge in [0, 0.05) is 22.4 Å². The molecule has 0 aliphatic heterocycles. The first-order valence-electron chi connectivity index (χ1n) is 10.1. The van der Waals surface area contributed by atoms with E-state index in [1.165, 1.54) is 11.3 Å². The minimum absolute atomic E-state index is 0.0652. The normalized spacial score (nSPS) is 10.7. The highest BCUT2D eigenvalue weighted by atomic mass is 32.2. The molecule has 0 fully saturated rings. The van der Waals surface area contributed by atoms with Gasteiger partial charge in [-0.3, -0.25) is 4.79 Å². The summed E-state index contributed by atoms with van der Waals surface area (Å²) in [6.07, 6.45) is 4.07. The number of pyridine rings is 1. The van der Waals surface area contributed by atoms with Crippen LogP contribution in [0.5, 0.6) is 0 Å². The summed E-state index contributed by atoms with van der Waals surface area (Å²) in [4.78, 5) is 13.8. The molecular weight excluding hydrogens is 434 g/mol. The molecule has 0 unspecified atom stereocenters. The standard InChI is InChI=1S/C26H21N3OS2/c1-17-12-18(2)15-29(14-17)23-22(28)25(24(30)21-6-4-3-5-7-21)32-26(23)31-16-20-10-8-19(13-27)9-11-20/h3-12,14-15H,16H2,1-2H3,(H-,28,30)/p+1. The van der Waals surface area contributed by atoms with Crippen molar-refractivity contribution in [2.75, 3.05) is 5.73 Å². The van der Waals surface area contributed by atoms with Crippen LogP contribution >= 0.6 is 23.1 Å². The SMILES string of the molecule is Cc1cc(C)c[n+](-c2c(SCc3ccc(C#N)cc3)sc(C(=O)c3ccccc3)c2N)c1. The number of rotatable bonds is 6. The summed E-state index contributed by atoms with van der Waals surface area (Å²) in [5, 5.41) is 9.02. The lowest BCUT2D eigenvalue weighted by atomic mass is 10.1. The van der Waals surface area contributed by atoms with Gasteiger partial charge in [0.1, 0.15) is 14.8 Å². The van der Waals surface area contributed by atoms with Crippen LogP contribution in [0.25, 0.3) is 5.69 Å². The zero-order valence-electron chi connectivity index (χ0n) is 17.8. The third kappa shape index (κ3) is 4.59. The molecule has 6 heteroatoms. The van der Waals surface area contributed by atoms with E-state index in [0.717, 1.165) is 26.6 Å². The predicted molar refractivity (Wildman–Crippen MR) is 130 cm³/mol. The van der Waals surface area contributed by atoms with E-state index in [2.05, 4.69) is 12.1 Å². The molecular formula is C26H22N3OS2+. The number of nitrogens with zero attached hydrogens (tertiary/aromatic N) is 2. The molecule has 32 heavy (non-hydrogen) atoms. The quantitative estimate of drug-likeness (QED) is 0.232. The molecule has 0 aliphatic carbocycles. The summed E-state index contributed by atoms with van der Waals surface area (Å²) in [5.74, 6) is 0.646. The van der Waals surface area contributed by atoms with E-state index in [0.29, 0.717) is 27.4 Å². The number of hydrogen-bond acceptors (Lipinski definition) is 5. The van der Waals surface area contributed by atoms with Gasteiger partial charge >= 0.3 is 0 Å². The van der Waals surface area contributed by atoms with E-state index in [4.69, 9.17) is 11.0 Å². The first-order valence-corrected chi connectivity index (χ1v) is 11.9. The molecule has 0 spiro atoms. The number of aryl methyl sites for hydroxylation is 2. The first kappa shape index (κ1) is 21.8. The molecule has 4 aromatic rings. The van der Waals surface area contributed by atoms with Crippen molar-refractivity contribution in [3.63, 3.8) is 0 Å². The summed E-state index contributed by atoms with van der Waals surface area (Å²) in [6, 6.07) is 21.1. The Labute approximate surface area is 196 Å². The molecule has 0 bridgehead atoms. The maximum Gasteiger partial charge on any atom is 0.259 e. The van der Waals surface area contributed by atoms with Crippen molar-refractivity contribution in [3.8, 4) is 11.8 Å². The van der Waals surface area contributed by atoms with Gasteiger partial charge in [0.2, 0.25) is 5.78 Å². The van der Waals surface area contributed by atoms with Crippen LogP contribution in [-0.2, 0) is 5.75 Å². The van der Waals surface area contributed by atoms with Crippen molar-refractivity contribution in [2.45, 2.75) is 23.8 Å². The Balaban J connectivity index is 1.76. The molecule has 2 N–H and O–H groups in total.